The van der Waals surface area contributed by atoms with Gasteiger partial charge < -0.3 is 4.90 Å². The normalized spacial score (nSPS) is 11.3. The van der Waals surface area contributed by atoms with Gasteiger partial charge in [-0.15, -0.1) is 0 Å². The van der Waals surface area contributed by atoms with Crippen LogP contribution >= 0.6 is 0 Å². The van der Waals surface area contributed by atoms with Crippen LogP contribution in [0.5, 0.6) is 0 Å². The lowest BCUT2D eigenvalue weighted by atomic mass is 10.2. The second-order valence-corrected chi connectivity index (χ2v) is 5.74. The van der Waals surface area contributed by atoms with Gasteiger partial charge in [-0.25, -0.2) is 0 Å². The molecule has 2 rings (SSSR count). The van der Waals surface area contributed by atoms with Gasteiger partial charge in [0.2, 0.25) is 0 Å². The van der Waals surface area contributed by atoms with Crippen LogP contribution in [0.25, 0.3) is 0 Å². The average molecular weight is 277 g/mol. The summed E-state index contributed by atoms with van der Waals surface area (Å²) in [6.07, 6.45) is 0. The molecular weight excluding hydrogens is 262 g/mol. The van der Waals surface area contributed by atoms with Crippen LogP contribution in [0.4, 0.5) is 5.69 Å². The van der Waals surface area contributed by atoms with Crippen LogP contribution in [0, 0.1) is 0 Å². The topological polar surface area (TPSA) is 57.6 Å². The molecule has 1 N–H and O–H groups in total. The molecule has 0 saturated heterocycles. The molecule has 0 aromatic heterocycles. The molecule has 19 heavy (non-hydrogen) atoms. The van der Waals surface area contributed by atoms with Crippen molar-refractivity contribution in [1.29, 1.82) is 0 Å². The number of hydrogen-bond donors (Lipinski definition) is 1. The fourth-order valence-electron chi connectivity index (χ4n) is 1.85. The minimum absolute atomic E-state index is 0.0774. The zero-order valence-corrected chi connectivity index (χ0v) is 11.3. The molecule has 0 amide bonds. The van der Waals surface area contributed by atoms with E-state index < -0.39 is 10.1 Å². The molecule has 0 spiro atoms. The van der Waals surface area contributed by atoms with E-state index in [-0.39, 0.29) is 4.90 Å². The third-order valence-corrected chi connectivity index (χ3v) is 3.66. The Hall–Kier alpha value is -1.85. The predicted octanol–water partition coefficient (Wildman–Crippen LogP) is 2.57. The van der Waals surface area contributed by atoms with Gasteiger partial charge >= 0.3 is 0 Å². The maximum atomic E-state index is 11.1. The summed E-state index contributed by atoms with van der Waals surface area (Å²) in [5.74, 6) is 0. The summed E-state index contributed by atoms with van der Waals surface area (Å²) in [5.41, 5.74) is 1.86. The standard InChI is InChI=1S/C14H15NO3S/c1-15(13-7-3-2-4-8-13)11-12-6-5-9-14(10-12)19(16,17)18/h2-10H,11H2,1H3,(H,16,17,18). The van der Waals surface area contributed by atoms with Crippen molar-refractivity contribution in [3.05, 3.63) is 60.2 Å². The first-order chi connectivity index (χ1) is 8.97. The molecule has 2 aromatic carbocycles. The highest BCUT2D eigenvalue weighted by Crippen LogP contribution is 2.17. The van der Waals surface area contributed by atoms with Crippen molar-refractivity contribution in [2.45, 2.75) is 11.4 Å². The van der Waals surface area contributed by atoms with Gasteiger partial charge in [-0.2, -0.15) is 8.42 Å². The van der Waals surface area contributed by atoms with E-state index in [2.05, 4.69) is 0 Å². The molecular formula is C14H15NO3S. The highest BCUT2D eigenvalue weighted by molar-refractivity contribution is 7.85. The van der Waals surface area contributed by atoms with Gasteiger partial charge in [-0.1, -0.05) is 30.3 Å². The van der Waals surface area contributed by atoms with E-state index in [4.69, 9.17) is 4.55 Å². The maximum absolute atomic E-state index is 11.1. The van der Waals surface area contributed by atoms with Crippen LogP contribution < -0.4 is 4.90 Å². The minimum Gasteiger partial charge on any atom is -0.370 e. The van der Waals surface area contributed by atoms with Crippen molar-refractivity contribution in [3.8, 4) is 0 Å². The van der Waals surface area contributed by atoms with Crippen LogP contribution in [-0.2, 0) is 16.7 Å². The third kappa shape index (κ3) is 3.56. The van der Waals surface area contributed by atoms with Gasteiger partial charge in [-0.3, -0.25) is 4.55 Å². The van der Waals surface area contributed by atoms with E-state index in [1.165, 1.54) is 12.1 Å². The monoisotopic (exact) mass is 277 g/mol. The van der Waals surface area contributed by atoms with Crippen molar-refractivity contribution in [2.24, 2.45) is 0 Å². The average Bonchev–Trinajstić information content (AvgIpc) is 2.39. The Morgan fingerprint density at radius 1 is 1.05 bits per heavy atom. The van der Waals surface area contributed by atoms with Gasteiger partial charge in [0.25, 0.3) is 10.1 Å². The second kappa shape index (κ2) is 5.42. The van der Waals surface area contributed by atoms with Gasteiger partial charge in [-0.05, 0) is 29.8 Å². The maximum Gasteiger partial charge on any atom is 0.294 e. The van der Waals surface area contributed by atoms with Crippen molar-refractivity contribution in [3.63, 3.8) is 0 Å². The van der Waals surface area contributed by atoms with E-state index in [0.717, 1.165) is 11.3 Å². The highest BCUT2D eigenvalue weighted by Gasteiger charge is 2.10. The fraction of sp³-hybridized carbons (Fsp3) is 0.143. The van der Waals surface area contributed by atoms with E-state index in [1.54, 1.807) is 6.07 Å². The van der Waals surface area contributed by atoms with Crippen LogP contribution in [0.15, 0.2) is 59.5 Å². The Bertz CT molecular complexity index is 653. The van der Waals surface area contributed by atoms with E-state index >= 15 is 0 Å². The van der Waals surface area contributed by atoms with Crippen molar-refractivity contribution in [2.75, 3.05) is 11.9 Å². The van der Waals surface area contributed by atoms with E-state index in [1.807, 2.05) is 48.3 Å². The first-order valence-electron chi connectivity index (χ1n) is 5.79. The van der Waals surface area contributed by atoms with Crippen molar-refractivity contribution >= 4 is 15.8 Å². The van der Waals surface area contributed by atoms with E-state index in [9.17, 15) is 8.42 Å². The van der Waals surface area contributed by atoms with Crippen LogP contribution in [-0.4, -0.2) is 20.0 Å². The molecule has 0 fully saturated rings. The van der Waals surface area contributed by atoms with Gasteiger partial charge in [0.15, 0.2) is 0 Å². The summed E-state index contributed by atoms with van der Waals surface area (Å²) in [6, 6.07) is 16.1. The molecule has 0 radical (unpaired) electrons. The Labute approximate surface area is 113 Å². The van der Waals surface area contributed by atoms with Gasteiger partial charge in [0.05, 0.1) is 4.90 Å². The number of para-hydroxylation sites is 1. The Morgan fingerprint density at radius 2 is 1.74 bits per heavy atom. The zero-order chi connectivity index (χ0) is 13.9. The minimum atomic E-state index is -4.14. The van der Waals surface area contributed by atoms with Crippen LogP contribution in [0.1, 0.15) is 5.56 Å². The molecule has 0 aliphatic heterocycles. The predicted molar refractivity (Wildman–Crippen MR) is 74.8 cm³/mol. The van der Waals surface area contributed by atoms with Gasteiger partial charge in [0.1, 0.15) is 0 Å². The lowest BCUT2D eigenvalue weighted by Crippen LogP contribution is -2.16. The second-order valence-electron chi connectivity index (χ2n) is 4.31. The molecule has 2 aromatic rings. The molecule has 100 valence electrons. The summed E-state index contributed by atoms with van der Waals surface area (Å²) in [4.78, 5) is 1.93. The van der Waals surface area contributed by atoms with Crippen molar-refractivity contribution in [1.82, 2.24) is 0 Å². The molecule has 0 unspecified atom stereocenters. The Kier molecular flexibility index (Phi) is 3.87. The lowest BCUT2D eigenvalue weighted by Gasteiger charge is -2.19. The Balaban J connectivity index is 2.20. The van der Waals surface area contributed by atoms with Crippen molar-refractivity contribution < 1.29 is 13.0 Å². The van der Waals surface area contributed by atoms with Crippen LogP contribution in [0.2, 0.25) is 0 Å². The summed E-state index contributed by atoms with van der Waals surface area (Å²) in [7, 11) is -2.22. The molecule has 0 aliphatic rings. The largest absolute Gasteiger partial charge is 0.370 e. The molecule has 0 bridgehead atoms. The van der Waals surface area contributed by atoms with E-state index in [0.29, 0.717) is 6.54 Å². The number of benzene rings is 2. The van der Waals surface area contributed by atoms with Gasteiger partial charge in [0, 0.05) is 19.3 Å². The Morgan fingerprint density at radius 3 is 2.37 bits per heavy atom. The number of hydrogen-bond acceptors (Lipinski definition) is 3. The fourth-order valence-corrected chi connectivity index (χ4v) is 2.40. The van der Waals surface area contributed by atoms with Crippen LogP contribution in [0.3, 0.4) is 0 Å². The summed E-state index contributed by atoms with van der Waals surface area (Å²) in [5, 5.41) is 0. The summed E-state index contributed by atoms with van der Waals surface area (Å²) in [6.45, 7) is 0.563. The number of nitrogens with zero attached hydrogens (tertiary/aromatic N) is 1. The smallest absolute Gasteiger partial charge is 0.294 e. The zero-order valence-electron chi connectivity index (χ0n) is 10.5. The molecule has 0 aliphatic carbocycles. The molecule has 0 heterocycles. The molecule has 4 nitrogen and oxygen atoms in total. The molecule has 0 saturated carbocycles. The number of rotatable bonds is 4. The summed E-state index contributed by atoms with van der Waals surface area (Å²) < 4.78 is 31.2. The molecule has 5 heteroatoms. The highest BCUT2D eigenvalue weighted by atomic mass is 32.2. The third-order valence-electron chi connectivity index (χ3n) is 2.81. The molecule has 0 atom stereocenters. The number of anilines is 1. The first-order valence-corrected chi connectivity index (χ1v) is 7.23. The lowest BCUT2D eigenvalue weighted by molar-refractivity contribution is 0.483. The SMILES string of the molecule is CN(Cc1cccc(S(=O)(=O)O)c1)c1ccccc1. The summed E-state index contributed by atoms with van der Waals surface area (Å²) >= 11 is 0. The quantitative estimate of drug-likeness (QED) is 0.873. The first kappa shape index (κ1) is 13.6.